The molecule has 1 rings (SSSR count). The number of ether oxygens (including phenoxy) is 1. The third kappa shape index (κ3) is 2.25. The van der Waals surface area contributed by atoms with Crippen molar-refractivity contribution in [2.24, 2.45) is 0 Å². The van der Waals surface area contributed by atoms with Crippen LogP contribution in [0.2, 0.25) is 0 Å². The fraction of sp³-hybridized carbons (Fsp3) is 0.778. The van der Waals surface area contributed by atoms with Crippen LogP contribution in [-0.2, 0) is 17.2 Å². The lowest BCUT2D eigenvalue weighted by Crippen LogP contribution is -2.11. The highest BCUT2D eigenvalue weighted by molar-refractivity contribution is 6.16. The maximum absolute atomic E-state index is 5.76. The predicted molar refractivity (Wildman–Crippen MR) is 55.3 cm³/mol. The molecule has 0 saturated carbocycles. The monoisotopic (exact) mass is 217 g/mol. The molecule has 5 heteroatoms. The van der Waals surface area contributed by atoms with Gasteiger partial charge in [0.1, 0.15) is 5.69 Å². The molecule has 0 aliphatic rings. The molecule has 0 amide bonds. The summed E-state index contributed by atoms with van der Waals surface area (Å²) in [6.45, 7) is 4.73. The van der Waals surface area contributed by atoms with Crippen molar-refractivity contribution in [3.8, 4) is 0 Å². The van der Waals surface area contributed by atoms with Gasteiger partial charge in [0.25, 0.3) is 0 Å². The second-order valence-electron chi connectivity index (χ2n) is 3.25. The molecule has 14 heavy (non-hydrogen) atoms. The van der Waals surface area contributed by atoms with Gasteiger partial charge in [-0.25, -0.2) is 4.68 Å². The minimum atomic E-state index is 0.338. The Morgan fingerprint density at radius 1 is 1.57 bits per heavy atom. The Labute approximate surface area is 89.2 Å². The van der Waals surface area contributed by atoms with Crippen molar-refractivity contribution in [2.45, 2.75) is 38.8 Å². The summed E-state index contributed by atoms with van der Waals surface area (Å²) < 4.78 is 6.99. The molecule has 0 aromatic carbocycles. The standard InChI is InChI=1S/C9H16ClN3O/c1-4-7(2)13-9(6-14-3)8(5-10)11-12-13/h7H,4-6H2,1-3H3. The molecule has 0 aliphatic carbocycles. The highest BCUT2D eigenvalue weighted by Gasteiger charge is 2.14. The summed E-state index contributed by atoms with van der Waals surface area (Å²) in [5.74, 6) is 0.384. The number of nitrogens with zero attached hydrogens (tertiary/aromatic N) is 3. The lowest BCUT2D eigenvalue weighted by atomic mass is 10.2. The Morgan fingerprint density at radius 2 is 2.29 bits per heavy atom. The molecule has 0 radical (unpaired) electrons. The van der Waals surface area contributed by atoms with E-state index in [4.69, 9.17) is 16.3 Å². The summed E-state index contributed by atoms with van der Waals surface area (Å²) in [5, 5.41) is 8.10. The van der Waals surface area contributed by atoms with Crippen LogP contribution in [-0.4, -0.2) is 22.1 Å². The van der Waals surface area contributed by atoms with E-state index in [0.29, 0.717) is 18.5 Å². The van der Waals surface area contributed by atoms with Crippen molar-refractivity contribution in [1.29, 1.82) is 0 Å². The minimum Gasteiger partial charge on any atom is -0.378 e. The fourth-order valence-electron chi connectivity index (χ4n) is 1.26. The number of alkyl halides is 1. The predicted octanol–water partition coefficient (Wildman–Crippen LogP) is 2.13. The Kier molecular flexibility index (Phi) is 4.35. The Hall–Kier alpha value is -0.610. The smallest absolute Gasteiger partial charge is 0.103 e. The number of hydrogen-bond donors (Lipinski definition) is 0. The van der Waals surface area contributed by atoms with Gasteiger partial charge in [0.15, 0.2) is 0 Å². The molecular weight excluding hydrogens is 202 g/mol. The van der Waals surface area contributed by atoms with Gasteiger partial charge < -0.3 is 4.74 Å². The van der Waals surface area contributed by atoms with Gasteiger partial charge in [-0.3, -0.25) is 0 Å². The summed E-state index contributed by atoms with van der Waals surface area (Å²) in [6, 6.07) is 0.338. The maximum Gasteiger partial charge on any atom is 0.103 e. The average molecular weight is 218 g/mol. The first-order valence-corrected chi connectivity index (χ1v) is 5.25. The van der Waals surface area contributed by atoms with E-state index in [1.807, 2.05) is 4.68 Å². The van der Waals surface area contributed by atoms with Crippen molar-refractivity contribution < 1.29 is 4.74 Å². The Morgan fingerprint density at radius 3 is 2.79 bits per heavy atom. The maximum atomic E-state index is 5.76. The molecule has 1 heterocycles. The zero-order valence-corrected chi connectivity index (χ0v) is 9.58. The van der Waals surface area contributed by atoms with E-state index in [-0.39, 0.29) is 0 Å². The number of halogens is 1. The quantitative estimate of drug-likeness (QED) is 0.710. The highest BCUT2D eigenvalue weighted by atomic mass is 35.5. The van der Waals surface area contributed by atoms with Crippen LogP contribution in [0.1, 0.15) is 37.7 Å². The molecule has 0 fully saturated rings. The molecule has 1 unspecified atom stereocenters. The van der Waals surface area contributed by atoms with E-state index in [1.165, 1.54) is 0 Å². The number of rotatable bonds is 5. The van der Waals surface area contributed by atoms with E-state index in [0.717, 1.165) is 17.8 Å². The van der Waals surface area contributed by atoms with Gasteiger partial charge in [0, 0.05) is 7.11 Å². The summed E-state index contributed by atoms with van der Waals surface area (Å²) in [6.07, 6.45) is 1.02. The van der Waals surface area contributed by atoms with Crippen LogP contribution in [0.3, 0.4) is 0 Å². The summed E-state index contributed by atoms with van der Waals surface area (Å²) in [4.78, 5) is 0. The van der Waals surface area contributed by atoms with Crippen LogP contribution in [0.25, 0.3) is 0 Å². The third-order valence-electron chi connectivity index (χ3n) is 2.29. The lowest BCUT2D eigenvalue weighted by molar-refractivity contribution is 0.173. The number of methoxy groups -OCH3 is 1. The molecule has 1 aromatic rings. The first-order valence-electron chi connectivity index (χ1n) is 4.72. The first kappa shape index (κ1) is 11.5. The lowest BCUT2D eigenvalue weighted by Gasteiger charge is -2.12. The fourth-order valence-corrected chi connectivity index (χ4v) is 1.47. The summed E-state index contributed by atoms with van der Waals surface area (Å²) in [7, 11) is 1.66. The van der Waals surface area contributed by atoms with Gasteiger partial charge in [-0.05, 0) is 13.3 Å². The second kappa shape index (κ2) is 5.32. The van der Waals surface area contributed by atoms with Crippen molar-refractivity contribution >= 4 is 11.6 Å². The zero-order chi connectivity index (χ0) is 10.6. The number of hydrogen-bond acceptors (Lipinski definition) is 3. The first-order chi connectivity index (χ1) is 6.74. The van der Waals surface area contributed by atoms with Gasteiger partial charge >= 0.3 is 0 Å². The average Bonchev–Trinajstić information content (AvgIpc) is 2.60. The van der Waals surface area contributed by atoms with Gasteiger partial charge in [-0.15, -0.1) is 16.7 Å². The van der Waals surface area contributed by atoms with E-state index >= 15 is 0 Å². The second-order valence-corrected chi connectivity index (χ2v) is 3.52. The molecule has 80 valence electrons. The van der Waals surface area contributed by atoms with Gasteiger partial charge in [-0.2, -0.15) is 0 Å². The normalized spacial score (nSPS) is 13.1. The van der Waals surface area contributed by atoms with Crippen LogP contribution in [0, 0.1) is 0 Å². The van der Waals surface area contributed by atoms with Crippen molar-refractivity contribution in [3.05, 3.63) is 11.4 Å². The molecule has 0 N–H and O–H groups in total. The molecule has 0 spiro atoms. The van der Waals surface area contributed by atoms with Crippen LogP contribution in [0.15, 0.2) is 0 Å². The van der Waals surface area contributed by atoms with Gasteiger partial charge in [-0.1, -0.05) is 12.1 Å². The zero-order valence-electron chi connectivity index (χ0n) is 8.83. The van der Waals surface area contributed by atoms with E-state index in [1.54, 1.807) is 7.11 Å². The highest BCUT2D eigenvalue weighted by Crippen LogP contribution is 2.16. The summed E-state index contributed by atoms with van der Waals surface area (Å²) in [5.41, 5.74) is 1.80. The molecule has 0 bridgehead atoms. The van der Waals surface area contributed by atoms with Crippen molar-refractivity contribution in [2.75, 3.05) is 7.11 Å². The molecule has 0 saturated heterocycles. The number of aromatic nitrogens is 3. The van der Waals surface area contributed by atoms with Crippen LogP contribution in [0.4, 0.5) is 0 Å². The molecular formula is C9H16ClN3O. The van der Waals surface area contributed by atoms with E-state index in [9.17, 15) is 0 Å². The summed E-state index contributed by atoms with van der Waals surface area (Å²) >= 11 is 5.76. The van der Waals surface area contributed by atoms with Gasteiger partial charge in [0.05, 0.1) is 24.2 Å². The van der Waals surface area contributed by atoms with Crippen LogP contribution < -0.4 is 0 Å². The topological polar surface area (TPSA) is 39.9 Å². The van der Waals surface area contributed by atoms with Crippen molar-refractivity contribution in [3.63, 3.8) is 0 Å². The SMILES string of the molecule is CCC(C)n1nnc(CCl)c1COC. The molecule has 4 nitrogen and oxygen atoms in total. The Balaban J connectivity index is 2.97. The largest absolute Gasteiger partial charge is 0.378 e. The molecule has 1 atom stereocenters. The van der Waals surface area contributed by atoms with Crippen LogP contribution >= 0.6 is 11.6 Å². The van der Waals surface area contributed by atoms with Gasteiger partial charge in [0.2, 0.25) is 0 Å². The van der Waals surface area contributed by atoms with E-state index < -0.39 is 0 Å². The molecule has 1 aromatic heterocycles. The Bertz CT molecular complexity index is 288. The van der Waals surface area contributed by atoms with Crippen LogP contribution in [0.5, 0.6) is 0 Å². The van der Waals surface area contributed by atoms with E-state index in [2.05, 4.69) is 24.2 Å². The third-order valence-corrected chi connectivity index (χ3v) is 2.54. The minimum absolute atomic E-state index is 0.338. The van der Waals surface area contributed by atoms with Crippen molar-refractivity contribution in [1.82, 2.24) is 15.0 Å². The molecule has 0 aliphatic heterocycles.